The molecule has 2 N–H and O–H groups in total. The Labute approximate surface area is 172 Å². The summed E-state index contributed by atoms with van der Waals surface area (Å²) in [6.07, 6.45) is 18.1. The van der Waals surface area contributed by atoms with Crippen molar-refractivity contribution in [1.29, 1.82) is 0 Å². The lowest BCUT2D eigenvalue weighted by Crippen LogP contribution is -2.02. The third-order valence-corrected chi connectivity index (χ3v) is 4.12. The number of carbonyl (C=O) groups is 1. The first-order valence-corrected chi connectivity index (χ1v) is 10.4. The second-order valence-corrected chi connectivity index (χ2v) is 7.08. The molecule has 0 aliphatic heterocycles. The molecule has 0 aromatic heterocycles. The average Bonchev–Trinajstić information content (AvgIpc) is 2.62. The van der Waals surface area contributed by atoms with Gasteiger partial charge in [0.25, 0.3) is 0 Å². The molecule has 0 fully saturated rings. The smallest absolute Gasteiger partial charge is 0.304 e. The maximum absolute atomic E-state index is 10.3. The van der Waals surface area contributed by atoms with Gasteiger partial charge in [0.1, 0.15) is 0 Å². The second kappa shape index (κ2) is 19.0. The Balaban J connectivity index is 3.69. The van der Waals surface area contributed by atoms with Gasteiger partial charge in [0.15, 0.2) is 0 Å². The molecule has 0 bridgehead atoms. The van der Waals surface area contributed by atoms with Crippen LogP contribution in [0.25, 0.3) is 0 Å². The number of allylic oxidation sites excluding steroid dienone is 5. The summed E-state index contributed by atoms with van der Waals surface area (Å²) in [6, 6.07) is 0. The fraction of sp³-hybridized carbons (Fsp3) is 0.522. The Bertz CT molecular complexity index is 609. The molecule has 0 saturated carbocycles. The van der Waals surface area contributed by atoms with Crippen molar-refractivity contribution in [2.45, 2.75) is 77.2 Å². The standard InChI is InChI=1S/C23H31BrO3/c1-2-3-14-17-21(24)20-22(25)18-15-12-10-8-6-4-5-7-9-11-13-16-19-23(26)27/h4-5,14,17,20,22,25H,2-3,6,8,10,12,15-16,18-19H2,1H3,(H,26,27)/b5-4+,17-14+,21-20+. The Morgan fingerprint density at radius 1 is 1.11 bits per heavy atom. The Morgan fingerprint density at radius 3 is 2.63 bits per heavy atom. The summed E-state index contributed by atoms with van der Waals surface area (Å²) in [7, 11) is 0. The minimum atomic E-state index is -0.837. The number of halogens is 1. The van der Waals surface area contributed by atoms with Crippen LogP contribution in [0, 0.1) is 23.7 Å². The van der Waals surface area contributed by atoms with Gasteiger partial charge >= 0.3 is 5.97 Å². The highest BCUT2D eigenvalue weighted by atomic mass is 79.9. The fourth-order valence-corrected chi connectivity index (χ4v) is 2.64. The van der Waals surface area contributed by atoms with Crippen LogP contribution in [0.5, 0.6) is 0 Å². The lowest BCUT2D eigenvalue weighted by molar-refractivity contribution is -0.136. The molecular weight excluding hydrogens is 404 g/mol. The van der Waals surface area contributed by atoms with E-state index in [1.54, 1.807) is 6.08 Å². The number of aliphatic carboxylic acids is 1. The van der Waals surface area contributed by atoms with Gasteiger partial charge in [-0.25, -0.2) is 0 Å². The number of carboxylic acid groups (broad SMARTS) is 1. The molecule has 0 aliphatic carbocycles. The highest BCUT2D eigenvalue weighted by Gasteiger charge is 2.00. The summed E-state index contributed by atoms with van der Waals surface area (Å²) in [5, 5.41) is 18.4. The van der Waals surface area contributed by atoms with E-state index in [0.717, 1.165) is 55.8 Å². The lowest BCUT2D eigenvalue weighted by Gasteiger charge is -2.05. The van der Waals surface area contributed by atoms with Gasteiger partial charge in [-0.15, -0.1) is 0 Å². The van der Waals surface area contributed by atoms with Gasteiger partial charge in [-0.1, -0.05) is 78.6 Å². The van der Waals surface area contributed by atoms with Gasteiger partial charge in [0.2, 0.25) is 0 Å². The predicted octanol–water partition coefficient (Wildman–Crippen LogP) is 5.75. The quantitative estimate of drug-likeness (QED) is 0.220. The SMILES string of the molecule is CCC/C=C/C(Br)=C\C(O)CCCCCC/C=C/C#CC#CCCC(=O)O. The Kier molecular flexibility index (Phi) is 17.8. The number of carboxylic acids is 1. The molecule has 0 aliphatic rings. The maximum Gasteiger partial charge on any atom is 0.304 e. The predicted molar refractivity (Wildman–Crippen MR) is 116 cm³/mol. The van der Waals surface area contributed by atoms with E-state index in [9.17, 15) is 9.90 Å². The summed E-state index contributed by atoms with van der Waals surface area (Å²) in [6.45, 7) is 2.14. The van der Waals surface area contributed by atoms with Crippen LogP contribution in [0.3, 0.4) is 0 Å². The normalized spacial score (nSPS) is 12.5. The van der Waals surface area contributed by atoms with Crippen LogP contribution < -0.4 is 0 Å². The molecule has 0 aromatic carbocycles. The van der Waals surface area contributed by atoms with Crippen molar-refractivity contribution < 1.29 is 15.0 Å². The first kappa shape index (κ1) is 25.2. The van der Waals surface area contributed by atoms with E-state index in [1.165, 1.54) is 0 Å². The monoisotopic (exact) mass is 434 g/mol. The van der Waals surface area contributed by atoms with Crippen LogP contribution in [-0.2, 0) is 4.79 Å². The van der Waals surface area contributed by atoms with Crippen LogP contribution >= 0.6 is 15.9 Å². The zero-order chi connectivity index (χ0) is 20.2. The number of unbranched alkanes of at least 4 members (excludes halogenated alkanes) is 5. The molecular formula is C23H31BrO3. The zero-order valence-corrected chi connectivity index (χ0v) is 17.8. The van der Waals surface area contributed by atoms with E-state index >= 15 is 0 Å². The molecule has 3 nitrogen and oxygen atoms in total. The first-order valence-electron chi connectivity index (χ1n) is 9.63. The van der Waals surface area contributed by atoms with Crippen molar-refractivity contribution in [3.8, 4) is 23.7 Å². The highest BCUT2D eigenvalue weighted by molar-refractivity contribution is 9.11. The van der Waals surface area contributed by atoms with Gasteiger partial charge in [0, 0.05) is 10.9 Å². The van der Waals surface area contributed by atoms with Gasteiger partial charge in [-0.05, 0) is 49.7 Å². The molecule has 0 saturated heterocycles. The minimum absolute atomic E-state index is 0.0606. The van der Waals surface area contributed by atoms with Crippen molar-refractivity contribution in [2.75, 3.05) is 0 Å². The largest absolute Gasteiger partial charge is 0.481 e. The third kappa shape index (κ3) is 20.4. The van der Waals surface area contributed by atoms with Crippen LogP contribution in [0.4, 0.5) is 0 Å². The zero-order valence-electron chi connectivity index (χ0n) is 16.2. The van der Waals surface area contributed by atoms with E-state index < -0.39 is 12.1 Å². The molecule has 0 heterocycles. The number of aliphatic hydroxyl groups is 1. The molecule has 0 spiro atoms. The third-order valence-electron chi connectivity index (χ3n) is 3.59. The number of rotatable bonds is 13. The highest BCUT2D eigenvalue weighted by Crippen LogP contribution is 2.13. The molecule has 0 amide bonds. The van der Waals surface area contributed by atoms with Gasteiger partial charge in [-0.3, -0.25) is 4.79 Å². The van der Waals surface area contributed by atoms with Crippen molar-refractivity contribution in [2.24, 2.45) is 0 Å². The Morgan fingerprint density at radius 2 is 1.89 bits per heavy atom. The van der Waals surface area contributed by atoms with Crippen LogP contribution in [0.2, 0.25) is 0 Å². The van der Waals surface area contributed by atoms with Crippen molar-refractivity contribution in [3.05, 3.63) is 34.9 Å². The van der Waals surface area contributed by atoms with Gasteiger partial charge < -0.3 is 10.2 Å². The summed E-state index contributed by atoms with van der Waals surface area (Å²) >= 11 is 3.46. The summed E-state index contributed by atoms with van der Waals surface area (Å²) in [4.78, 5) is 10.3. The molecule has 4 heteroatoms. The summed E-state index contributed by atoms with van der Waals surface area (Å²) in [5.41, 5.74) is 0. The van der Waals surface area contributed by atoms with Gasteiger partial charge in [0.05, 0.1) is 12.5 Å². The van der Waals surface area contributed by atoms with E-state index in [0.29, 0.717) is 6.42 Å². The van der Waals surface area contributed by atoms with Crippen LogP contribution in [0.1, 0.15) is 71.1 Å². The number of hydrogen-bond donors (Lipinski definition) is 2. The van der Waals surface area contributed by atoms with E-state index in [4.69, 9.17) is 5.11 Å². The van der Waals surface area contributed by atoms with E-state index in [1.807, 2.05) is 18.2 Å². The Hall–Kier alpha value is -1.75. The van der Waals surface area contributed by atoms with Gasteiger partial charge in [-0.2, -0.15) is 0 Å². The molecule has 1 unspecified atom stereocenters. The minimum Gasteiger partial charge on any atom is -0.481 e. The molecule has 0 aromatic rings. The summed E-state index contributed by atoms with van der Waals surface area (Å²) < 4.78 is 0.946. The van der Waals surface area contributed by atoms with Crippen LogP contribution in [0.15, 0.2) is 34.9 Å². The summed E-state index contributed by atoms with van der Waals surface area (Å²) in [5.74, 6) is 10.0. The van der Waals surface area contributed by atoms with Crippen molar-refractivity contribution in [1.82, 2.24) is 0 Å². The van der Waals surface area contributed by atoms with Crippen LogP contribution in [-0.4, -0.2) is 22.3 Å². The molecule has 148 valence electrons. The number of hydrogen-bond acceptors (Lipinski definition) is 2. The maximum atomic E-state index is 10.3. The molecule has 1 atom stereocenters. The van der Waals surface area contributed by atoms with Crippen molar-refractivity contribution >= 4 is 21.9 Å². The molecule has 0 radical (unpaired) electrons. The fourth-order valence-electron chi connectivity index (χ4n) is 2.15. The average molecular weight is 435 g/mol. The topological polar surface area (TPSA) is 57.5 Å². The lowest BCUT2D eigenvalue weighted by atomic mass is 10.1. The van der Waals surface area contributed by atoms with E-state index in [-0.39, 0.29) is 6.42 Å². The molecule has 27 heavy (non-hydrogen) atoms. The van der Waals surface area contributed by atoms with E-state index in [2.05, 4.69) is 52.6 Å². The number of aliphatic hydroxyl groups excluding tert-OH is 1. The van der Waals surface area contributed by atoms with Crippen molar-refractivity contribution in [3.63, 3.8) is 0 Å². The first-order chi connectivity index (χ1) is 13.1. The molecule has 0 rings (SSSR count). The second-order valence-electron chi connectivity index (χ2n) is 6.17.